The molecule has 1 aliphatic heterocycles. The SMILES string of the molecule is Cc1ccccc1-c1nc(C(=O)N2CCOCC(C)C2)cs1. The van der Waals surface area contributed by atoms with Gasteiger partial charge in [-0.15, -0.1) is 11.3 Å². The number of benzene rings is 1. The molecular formula is C17H20N2O2S. The second-order valence-corrected chi connectivity index (χ2v) is 6.64. The van der Waals surface area contributed by atoms with Crippen molar-refractivity contribution in [3.8, 4) is 10.6 Å². The van der Waals surface area contributed by atoms with Gasteiger partial charge in [0.15, 0.2) is 0 Å². The van der Waals surface area contributed by atoms with E-state index < -0.39 is 0 Å². The molecule has 0 spiro atoms. The number of ether oxygens (including phenoxy) is 1. The zero-order valence-electron chi connectivity index (χ0n) is 12.9. The van der Waals surface area contributed by atoms with E-state index in [1.165, 1.54) is 16.9 Å². The van der Waals surface area contributed by atoms with Crippen molar-refractivity contribution >= 4 is 17.2 Å². The van der Waals surface area contributed by atoms with Gasteiger partial charge in [-0.25, -0.2) is 4.98 Å². The van der Waals surface area contributed by atoms with Crippen LogP contribution >= 0.6 is 11.3 Å². The van der Waals surface area contributed by atoms with Gasteiger partial charge in [0.05, 0.1) is 13.2 Å². The van der Waals surface area contributed by atoms with Crippen LogP contribution in [0.15, 0.2) is 29.6 Å². The molecule has 3 rings (SSSR count). The predicted octanol–water partition coefficient (Wildman–Crippen LogP) is 3.23. The summed E-state index contributed by atoms with van der Waals surface area (Å²) in [7, 11) is 0. The summed E-state index contributed by atoms with van der Waals surface area (Å²) >= 11 is 1.53. The minimum atomic E-state index is 0.00781. The Bertz CT molecular complexity index is 668. The summed E-state index contributed by atoms with van der Waals surface area (Å²) in [5, 5.41) is 2.76. The smallest absolute Gasteiger partial charge is 0.273 e. The molecule has 0 saturated carbocycles. The first-order valence-corrected chi connectivity index (χ1v) is 8.41. The van der Waals surface area contributed by atoms with Crippen LogP contribution in [0.3, 0.4) is 0 Å². The third kappa shape index (κ3) is 3.20. The number of rotatable bonds is 2. The van der Waals surface area contributed by atoms with E-state index in [0.717, 1.165) is 23.7 Å². The summed E-state index contributed by atoms with van der Waals surface area (Å²) in [4.78, 5) is 19.1. The molecule has 2 heterocycles. The topological polar surface area (TPSA) is 42.4 Å². The molecule has 1 aromatic heterocycles. The fourth-order valence-electron chi connectivity index (χ4n) is 2.63. The van der Waals surface area contributed by atoms with Gasteiger partial charge >= 0.3 is 0 Å². The van der Waals surface area contributed by atoms with Gasteiger partial charge in [0.1, 0.15) is 10.7 Å². The molecule has 0 radical (unpaired) electrons. The molecule has 0 bridgehead atoms. The first kappa shape index (κ1) is 15.2. The highest BCUT2D eigenvalue weighted by Crippen LogP contribution is 2.27. The molecule has 0 aliphatic carbocycles. The molecule has 1 fully saturated rings. The molecule has 4 nitrogen and oxygen atoms in total. The second kappa shape index (κ2) is 6.58. The van der Waals surface area contributed by atoms with Crippen LogP contribution in [0.25, 0.3) is 10.6 Å². The highest BCUT2D eigenvalue weighted by molar-refractivity contribution is 7.13. The molecule has 1 saturated heterocycles. The van der Waals surface area contributed by atoms with Crippen molar-refractivity contribution in [3.63, 3.8) is 0 Å². The molecule has 116 valence electrons. The number of aromatic nitrogens is 1. The molecule has 0 N–H and O–H groups in total. The maximum Gasteiger partial charge on any atom is 0.273 e. The molecule has 1 aliphatic rings. The van der Waals surface area contributed by atoms with E-state index in [2.05, 4.69) is 24.9 Å². The number of carbonyl (C=O) groups excluding carboxylic acids is 1. The lowest BCUT2D eigenvalue weighted by Crippen LogP contribution is -2.35. The normalized spacial score (nSPS) is 19.0. The van der Waals surface area contributed by atoms with E-state index >= 15 is 0 Å². The molecule has 22 heavy (non-hydrogen) atoms. The first-order valence-electron chi connectivity index (χ1n) is 7.53. The van der Waals surface area contributed by atoms with Crippen molar-refractivity contribution in [2.45, 2.75) is 13.8 Å². The van der Waals surface area contributed by atoms with Crippen LogP contribution in [0.5, 0.6) is 0 Å². The van der Waals surface area contributed by atoms with Gasteiger partial charge < -0.3 is 9.64 Å². The number of carbonyl (C=O) groups is 1. The summed E-state index contributed by atoms with van der Waals surface area (Å²) in [6.45, 7) is 6.86. The van der Waals surface area contributed by atoms with Gasteiger partial charge in [-0.3, -0.25) is 4.79 Å². The van der Waals surface area contributed by atoms with E-state index in [1.54, 1.807) is 0 Å². The Balaban J connectivity index is 1.81. The van der Waals surface area contributed by atoms with Gasteiger partial charge in [-0.2, -0.15) is 0 Å². The number of nitrogens with zero attached hydrogens (tertiary/aromatic N) is 2. The Morgan fingerprint density at radius 3 is 3.05 bits per heavy atom. The Morgan fingerprint density at radius 2 is 2.23 bits per heavy atom. The van der Waals surface area contributed by atoms with E-state index in [0.29, 0.717) is 24.8 Å². The second-order valence-electron chi connectivity index (χ2n) is 5.78. The summed E-state index contributed by atoms with van der Waals surface area (Å²) in [5.74, 6) is 0.370. The molecule has 1 unspecified atom stereocenters. The maximum absolute atomic E-state index is 12.6. The predicted molar refractivity (Wildman–Crippen MR) is 88.2 cm³/mol. The van der Waals surface area contributed by atoms with Gasteiger partial charge in [-0.05, 0) is 18.4 Å². The number of thiazole rings is 1. The lowest BCUT2D eigenvalue weighted by Gasteiger charge is -2.20. The van der Waals surface area contributed by atoms with Crippen molar-refractivity contribution in [2.24, 2.45) is 5.92 Å². The molecule has 1 aromatic carbocycles. The largest absolute Gasteiger partial charge is 0.379 e. The van der Waals surface area contributed by atoms with Gasteiger partial charge in [0, 0.05) is 24.0 Å². The van der Waals surface area contributed by atoms with Crippen LogP contribution in [0.4, 0.5) is 0 Å². The molecule has 5 heteroatoms. The first-order chi connectivity index (χ1) is 10.6. The number of aryl methyl sites for hydroxylation is 1. The van der Waals surface area contributed by atoms with Crippen molar-refractivity contribution in [2.75, 3.05) is 26.3 Å². The third-order valence-corrected chi connectivity index (χ3v) is 4.70. The van der Waals surface area contributed by atoms with Gasteiger partial charge in [0.2, 0.25) is 0 Å². The van der Waals surface area contributed by atoms with Crippen LogP contribution in [-0.2, 0) is 4.74 Å². The average molecular weight is 316 g/mol. The standard InChI is InChI=1S/C17H20N2O2S/c1-12-9-19(7-8-21-10-12)17(20)15-11-22-16(18-15)14-6-4-3-5-13(14)2/h3-6,11-12H,7-10H2,1-2H3. The van der Waals surface area contributed by atoms with E-state index in [4.69, 9.17) is 4.74 Å². The van der Waals surface area contributed by atoms with Crippen molar-refractivity contribution in [3.05, 3.63) is 40.9 Å². The van der Waals surface area contributed by atoms with Crippen LogP contribution in [0.2, 0.25) is 0 Å². The van der Waals surface area contributed by atoms with Crippen molar-refractivity contribution in [1.29, 1.82) is 0 Å². The van der Waals surface area contributed by atoms with E-state index in [9.17, 15) is 4.79 Å². The number of hydrogen-bond acceptors (Lipinski definition) is 4. The minimum Gasteiger partial charge on any atom is -0.379 e. The summed E-state index contributed by atoms with van der Waals surface area (Å²) in [6.07, 6.45) is 0. The lowest BCUT2D eigenvalue weighted by atomic mass is 10.1. The fraction of sp³-hybridized carbons (Fsp3) is 0.412. The summed E-state index contributed by atoms with van der Waals surface area (Å²) in [5.41, 5.74) is 2.81. The molecule has 1 atom stereocenters. The van der Waals surface area contributed by atoms with Crippen molar-refractivity contribution < 1.29 is 9.53 Å². The van der Waals surface area contributed by atoms with Gasteiger partial charge in [-0.1, -0.05) is 31.2 Å². The number of hydrogen-bond donors (Lipinski definition) is 0. The monoisotopic (exact) mass is 316 g/mol. The Hall–Kier alpha value is -1.72. The summed E-state index contributed by atoms with van der Waals surface area (Å²) < 4.78 is 5.50. The zero-order chi connectivity index (χ0) is 15.5. The van der Waals surface area contributed by atoms with Crippen LogP contribution in [0, 0.1) is 12.8 Å². The maximum atomic E-state index is 12.6. The molecule has 1 amide bonds. The van der Waals surface area contributed by atoms with Crippen LogP contribution < -0.4 is 0 Å². The van der Waals surface area contributed by atoms with Gasteiger partial charge in [0.25, 0.3) is 5.91 Å². The quantitative estimate of drug-likeness (QED) is 0.854. The number of amides is 1. The van der Waals surface area contributed by atoms with Crippen LogP contribution in [-0.4, -0.2) is 42.1 Å². The van der Waals surface area contributed by atoms with E-state index in [1.807, 2.05) is 28.5 Å². The average Bonchev–Trinajstić information content (AvgIpc) is 2.89. The van der Waals surface area contributed by atoms with Crippen molar-refractivity contribution in [1.82, 2.24) is 9.88 Å². The summed E-state index contributed by atoms with van der Waals surface area (Å²) in [6, 6.07) is 8.12. The zero-order valence-corrected chi connectivity index (χ0v) is 13.7. The minimum absolute atomic E-state index is 0.00781. The Labute approximate surface area is 134 Å². The lowest BCUT2D eigenvalue weighted by molar-refractivity contribution is 0.0733. The van der Waals surface area contributed by atoms with Crippen LogP contribution in [0.1, 0.15) is 23.0 Å². The molecule has 2 aromatic rings. The fourth-order valence-corrected chi connectivity index (χ4v) is 3.52. The Morgan fingerprint density at radius 1 is 1.41 bits per heavy atom. The van der Waals surface area contributed by atoms with E-state index in [-0.39, 0.29) is 5.91 Å². The Kier molecular flexibility index (Phi) is 4.55. The third-order valence-electron chi connectivity index (χ3n) is 3.83. The highest BCUT2D eigenvalue weighted by Gasteiger charge is 2.23. The molecular weight excluding hydrogens is 296 g/mol. The highest BCUT2D eigenvalue weighted by atomic mass is 32.1.